The molecule has 0 aromatic rings. The molecule has 2 rings (SSSR count). The molecule has 1 fully saturated rings. The largest absolute Gasteiger partial charge is 0.389 e. The molecule has 1 N–H and O–H groups in total. The normalized spacial score (nSPS) is 39.1. The Labute approximate surface area is 86.6 Å². The molecule has 0 bridgehead atoms. The highest BCUT2D eigenvalue weighted by atomic mass is 16.3. The van der Waals surface area contributed by atoms with Crippen molar-refractivity contribution in [1.82, 2.24) is 4.90 Å². The molecule has 2 aliphatic rings. The van der Waals surface area contributed by atoms with Crippen LogP contribution in [0.15, 0.2) is 12.2 Å². The zero-order chi connectivity index (χ0) is 10.0. The van der Waals surface area contributed by atoms with Gasteiger partial charge < -0.3 is 5.11 Å². The Balaban J connectivity index is 1.87. The van der Waals surface area contributed by atoms with Crippen LogP contribution in [-0.4, -0.2) is 35.2 Å². The maximum Gasteiger partial charge on any atom is 0.0776 e. The summed E-state index contributed by atoms with van der Waals surface area (Å²) in [5, 5.41) is 10.4. The first-order valence-corrected chi connectivity index (χ1v) is 5.78. The van der Waals surface area contributed by atoms with Gasteiger partial charge in [-0.3, -0.25) is 4.90 Å². The molecular weight excluding hydrogens is 174 g/mol. The Hall–Kier alpha value is -0.340. The lowest BCUT2D eigenvalue weighted by molar-refractivity contribution is -0.0347. The van der Waals surface area contributed by atoms with Gasteiger partial charge in [-0.25, -0.2) is 0 Å². The highest BCUT2D eigenvalue weighted by Crippen LogP contribution is 2.32. The van der Waals surface area contributed by atoms with Crippen LogP contribution in [0, 0.1) is 5.92 Å². The van der Waals surface area contributed by atoms with Gasteiger partial charge in [0.2, 0.25) is 0 Å². The second-order valence-corrected chi connectivity index (χ2v) is 5.09. The number of rotatable bonds is 2. The van der Waals surface area contributed by atoms with E-state index >= 15 is 0 Å². The van der Waals surface area contributed by atoms with Gasteiger partial charge in [-0.15, -0.1) is 0 Å². The smallest absolute Gasteiger partial charge is 0.0776 e. The molecule has 0 saturated heterocycles. The summed E-state index contributed by atoms with van der Waals surface area (Å²) in [5.41, 5.74) is -0.399. The van der Waals surface area contributed by atoms with Crippen LogP contribution in [0.3, 0.4) is 0 Å². The molecule has 0 radical (unpaired) electrons. The van der Waals surface area contributed by atoms with E-state index in [1.807, 2.05) is 0 Å². The third-order valence-electron chi connectivity index (χ3n) is 3.48. The highest BCUT2D eigenvalue weighted by molar-refractivity contribution is 4.98. The summed E-state index contributed by atoms with van der Waals surface area (Å²) in [4.78, 5) is 2.33. The summed E-state index contributed by atoms with van der Waals surface area (Å²) in [6, 6.07) is 0. The number of hydrogen-bond donors (Lipinski definition) is 1. The first kappa shape index (κ1) is 10.2. The minimum Gasteiger partial charge on any atom is -0.389 e. The summed E-state index contributed by atoms with van der Waals surface area (Å²) in [6.07, 6.45) is 8.85. The fraction of sp³-hybridized carbons (Fsp3) is 0.833. The van der Waals surface area contributed by atoms with Gasteiger partial charge in [-0.2, -0.15) is 0 Å². The van der Waals surface area contributed by atoms with E-state index in [0.29, 0.717) is 5.92 Å². The molecule has 1 aliphatic heterocycles. The van der Waals surface area contributed by atoms with E-state index in [0.717, 1.165) is 32.5 Å². The summed E-state index contributed by atoms with van der Waals surface area (Å²) >= 11 is 0. The van der Waals surface area contributed by atoms with Crippen molar-refractivity contribution in [2.24, 2.45) is 5.92 Å². The molecule has 0 spiro atoms. The fourth-order valence-corrected chi connectivity index (χ4v) is 2.84. The van der Waals surface area contributed by atoms with Gasteiger partial charge in [0.1, 0.15) is 0 Å². The average Bonchev–Trinajstić information content (AvgIpc) is 2.55. The predicted molar refractivity (Wildman–Crippen MR) is 58.2 cm³/mol. The minimum absolute atomic E-state index is 0.399. The molecule has 2 heteroatoms. The van der Waals surface area contributed by atoms with E-state index in [1.165, 1.54) is 12.8 Å². The van der Waals surface area contributed by atoms with Crippen LogP contribution in [0.4, 0.5) is 0 Å². The first-order valence-electron chi connectivity index (χ1n) is 5.78. The van der Waals surface area contributed by atoms with Gasteiger partial charge in [0.05, 0.1) is 5.60 Å². The lowest BCUT2D eigenvalue weighted by Gasteiger charge is -2.38. The highest BCUT2D eigenvalue weighted by Gasteiger charge is 2.34. The Morgan fingerprint density at radius 2 is 2.14 bits per heavy atom. The Bertz CT molecular complexity index is 218. The van der Waals surface area contributed by atoms with E-state index in [-0.39, 0.29) is 0 Å². The lowest BCUT2D eigenvalue weighted by atomic mass is 9.78. The standard InChI is InChI=1S/C12H21NO/c1-11-5-4-6-12(14,9-11)10-13-7-2-3-8-13/h2-3,11,14H,4-10H2,1H3. The second-order valence-electron chi connectivity index (χ2n) is 5.09. The van der Waals surface area contributed by atoms with Gasteiger partial charge in [0.25, 0.3) is 0 Å². The van der Waals surface area contributed by atoms with Crippen molar-refractivity contribution in [2.75, 3.05) is 19.6 Å². The van der Waals surface area contributed by atoms with Crippen LogP contribution in [0.25, 0.3) is 0 Å². The van der Waals surface area contributed by atoms with E-state index < -0.39 is 5.60 Å². The van der Waals surface area contributed by atoms with Gasteiger partial charge in [0, 0.05) is 19.6 Å². The van der Waals surface area contributed by atoms with Crippen molar-refractivity contribution in [3.8, 4) is 0 Å². The third kappa shape index (κ3) is 2.37. The quantitative estimate of drug-likeness (QED) is 0.679. The van der Waals surface area contributed by atoms with Crippen LogP contribution in [0.2, 0.25) is 0 Å². The Morgan fingerprint density at radius 1 is 1.43 bits per heavy atom. The van der Waals surface area contributed by atoms with Crippen molar-refractivity contribution in [1.29, 1.82) is 0 Å². The average molecular weight is 195 g/mol. The van der Waals surface area contributed by atoms with Gasteiger partial charge >= 0.3 is 0 Å². The summed E-state index contributed by atoms with van der Waals surface area (Å²) in [5.74, 6) is 0.698. The predicted octanol–water partition coefficient (Wildman–Crippen LogP) is 1.80. The molecular formula is C12H21NO. The molecule has 14 heavy (non-hydrogen) atoms. The van der Waals surface area contributed by atoms with E-state index in [9.17, 15) is 5.11 Å². The summed E-state index contributed by atoms with van der Waals surface area (Å²) in [7, 11) is 0. The van der Waals surface area contributed by atoms with Gasteiger partial charge in [-0.1, -0.05) is 31.9 Å². The van der Waals surface area contributed by atoms with Crippen LogP contribution in [0.5, 0.6) is 0 Å². The molecule has 2 unspecified atom stereocenters. The van der Waals surface area contributed by atoms with Crippen LogP contribution in [-0.2, 0) is 0 Å². The summed E-state index contributed by atoms with van der Waals surface area (Å²) < 4.78 is 0. The SMILES string of the molecule is CC1CCCC(O)(CN2CC=CC2)C1. The topological polar surface area (TPSA) is 23.5 Å². The fourth-order valence-electron chi connectivity index (χ4n) is 2.84. The van der Waals surface area contributed by atoms with Crippen LogP contribution < -0.4 is 0 Å². The zero-order valence-electron chi connectivity index (χ0n) is 9.08. The minimum atomic E-state index is -0.399. The summed E-state index contributed by atoms with van der Waals surface area (Å²) in [6.45, 7) is 5.17. The van der Waals surface area contributed by atoms with Gasteiger partial charge in [0.15, 0.2) is 0 Å². The molecule has 0 aromatic heterocycles. The molecule has 1 saturated carbocycles. The molecule has 1 aliphatic carbocycles. The van der Waals surface area contributed by atoms with E-state index in [2.05, 4.69) is 24.0 Å². The first-order chi connectivity index (χ1) is 6.68. The monoisotopic (exact) mass is 195 g/mol. The van der Waals surface area contributed by atoms with E-state index in [4.69, 9.17) is 0 Å². The molecule has 0 amide bonds. The maximum atomic E-state index is 10.4. The van der Waals surface area contributed by atoms with E-state index in [1.54, 1.807) is 0 Å². The molecule has 0 aromatic carbocycles. The number of β-amino-alcohol motifs (C(OH)–C–C–N with tert-alkyl or cyclic N) is 1. The maximum absolute atomic E-state index is 10.4. The number of hydrogen-bond acceptors (Lipinski definition) is 2. The lowest BCUT2D eigenvalue weighted by Crippen LogP contribution is -2.45. The number of aliphatic hydroxyl groups is 1. The van der Waals surface area contributed by atoms with Crippen molar-refractivity contribution in [2.45, 2.75) is 38.2 Å². The van der Waals surface area contributed by atoms with Gasteiger partial charge in [-0.05, 0) is 18.8 Å². The van der Waals surface area contributed by atoms with Crippen LogP contribution >= 0.6 is 0 Å². The van der Waals surface area contributed by atoms with Crippen molar-refractivity contribution < 1.29 is 5.11 Å². The molecule has 1 heterocycles. The third-order valence-corrected chi connectivity index (χ3v) is 3.48. The Kier molecular flexibility index (Phi) is 2.93. The van der Waals surface area contributed by atoms with Crippen molar-refractivity contribution in [3.05, 3.63) is 12.2 Å². The Morgan fingerprint density at radius 3 is 2.79 bits per heavy atom. The van der Waals surface area contributed by atoms with Crippen molar-refractivity contribution >= 4 is 0 Å². The molecule has 80 valence electrons. The second kappa shape index (κ2) is 4.03. The number of nitrogens with zero attached hydrogens (tertiary/aromatic N) is 1. The van der Waals surface area contributed by atoms with Crippen LogP contribution in [0.1, 0.15) is 32.6 Å². The molecule has 2 nitrogen and oxygen atoms in total. The zero-order valence-corrected chi connectivity index (χ0v) is 9.08. The molecule has 2 atom stereocenters. The van der Waals surface area contributed by atoms with Crippen molar-refractivity contribution in [3.63, 3.8) is 0 Å².